The molecule has 9 heteroatoms. The van der Waals surface area contributed by atoms with E-state index in [1.807, 2.05) is 0 Å². The molecule has 136 valence electrons. The van der Waals surface area contributed by atoms with Gasteiger partial charge in [-0.25, -0.2) is 14.4 Å². The van der Waals surface area contributed by atoms with Gasteiger partial charge in [-0.3, -0.25) is 0 Å². The molecule has 0 amide bonds. The first kappa shape index (κ1) is 19.0. The van der Waals surface area contributed by atoms with Crippen molar-refractivity contribution in [1.82, 2.24) is 0 Å². The molecular weight excluding hydrogens is 362 g/mol. The zero-order chi connectivity index (χ0) is 19.4. The van der Waals surface area contributed by atoms with Gasteiger partial charge in [0.05, 0.1) is 12.7 Å². The van der Waals surface area contributed by atoms with E-state index < -0.39 is 23.5 Å². The SMILES string of the molecule is COc1ccc(-c2sc(NC=C(C(=O)O)C(=O)O)c(C(=O)O)c2C)cc1. The highest BCUT2D eigenvalue weighted by molar-refractivity contribution is 7.20. The number of benzene rings is 1. The van der Waals surface area contributed by atoms with Crippen LogP contribution in [0.3, 0.4) is 0 Å². The van der Waals surface area contributed by atoms with Crippen LogP contribution in [-0.4, -0.2) is 40.3 Å². The van der Waals surface area contributed by atoms with Crippen LogP contribution in [0.1, 0.15) is 15.9 Å². The number of carboxylic acids is 3. The molecule has 2 aromatic rings. The van der Waals surface area contributed by atoms with E-state index in [0.29, 0.717) is 16.2 Å². The van der Waals surface area contributed by atoms with E-state index in [2.05, 4.69) is 5.32 Å². The van der Waals surface area contributed by atoms with Crippen molar-refractivity contribution >= 4 is 34.2 Å². The summed E-state index contributed by atoms with van der Waals surface area (Å²) in [5.74, 6) is -3.83. The van der Waals surface area contributed by atoms with Crippen molar-refractivity contribution in [2.24, 2.45) is 0 Å². The van der Waals surface area contributed by atoms with Gasteiger partial charge < -0.3 is 25.4 Å². The molecule has 2 rings (SSSR count). The van der Waals surface area contributed by atoms with Crippen molar-refractivity contribution < 1.29 is 34.4 Å². The highest BCUT2D eigenvalue weighted by Crippen LogP contribution is 2.40. The number of aliphatic carboxylic acids is 2. The lowest BCUT2D eigenvalue weighted by Gasteiger charge is -2.02. The number of rotatable bonds is 7. The number of aromatic carboxylic acids is 1. The van der Waals surface area contributed by atoms with Crippen LogP contribution < -0.4 is 10.1 Å². The topological polar surface area (TPSA) is 133 Å². The van der Waals surface area contributed by atoms with Crippen LogP contribution in [0.4, 0.5) is 5.00 Å². The third-order valence-electron chi connectivity index (χ3n) is 3.52. The van der Waals surface area contributed by atoms with E-state index in [1.165, 1.54) is 7.11 Å². The first-order chi connectivity index (χ1) is 12.3. The fourth-order valence-electron chi connectivity index (χ4n) is 2.24. The molecule has 0 bridgehead atoms. The Morgan fingerprint density at radius 3 is 2.12 bits per heavy atom. The molecule has 1 heterocycles. The van der Waals surface area contributed by atoms with Crippen LogP contribution in [0.25, 0.3) is 10.4 Å². The van der Waals surface area contributed by atoms with Gasteiger partial charge in [-0.15, -0.1) is 11.3 Å². The third kappa shape index (κ3) is 3.83. The fourth-order valence-corrected chi connectivity index (χ4v) is 3.42. The Labute approximate surface area is 152 Å². The van der Waals surface area contributed by atoms with Crippen LogP contribution >= 0.6 is 11.3 Å². The Morgan fingerprint density at radius 1 is 1.08 bits per heavy atom. The van der Waals surface area contributed by atoms with Crippen molar-refractivity contribution in [2.75, 3.05) is 12.4 Å². The largest absolute Gasteiger partial charge is 0.497 e. The zero-order valence-corrected chi connectivity index (χ0v) is 14.6. The van der Waals surface area contributed by atoms with Crippen LogP contribution in [0.5, 0.6) is 5.75 Å². The highest BCUT2D eigenvalue weighted by atomic mass is 32.1. The molecule has 0 radical (unpaired) electrons. The minimum absolute atomic E-state index is 0.0489. The van der Waals surface area contributed by atoms with Crippen molar-refractivity contribution in [1.29, 1.82) is 0 Å². The van der Waals surface area contributed by atoms with Crippen LogP contribution in [0.15, 0.2) is 36.0 Å². The molecule has 1 aromatic heterocycles. The van der Waals surface area contributed by atoms with E-state index in [9.17, 15) is 19.5 Å². The monoisotopic (exact) mass is 377 g/mol. The third-order valence-corrected chi connectivity index (χ3v) is 4.79. The number of carboxylic acid groups (broad SMARTS) is 3. The molecule has 0 aliphatic carbocycles. The van der Waals surface area contributed by atoms with Gasteiger partial charge in [0.2, 0.25) is 0 Å². The van der Waals surface area contributed by atoms with Gasteiger partial charge in [0, 0.05) is 11.1 Å². The molecule has 0 unspecified atom stereocenters. The van der Waals surface area contributed by atoms with Crippen LogP contribution in [0, 0.1) is 6.92 Å². The summed E-state index contributed by atoms with van der Waals surface area (Å²) in [6.45, 7) is 1.63. The van der Waals surface area contributed by atoms with Crippen LogP contribution in [0.2, 0.25) is 0 Å². The van der Waals surface area contributed by atoms with Gasteiger partial charge in [-0.2, -0.15) is 0 Å². The number of carbonyl (C=O) groups is 3. The second kappa shape index (κ2) is 7.70. The molecule has 0 saturated carbocycles. The summed E-state index contributed by atoms with van der Waals surface area (Å²) in [5.41, 5.74) is 0.283. The molecule has 0 fully saturated rings. The Balaban J connectivity index is 2.49. The summed E-state index contributed by atoms with van der Waals surface area (Å²) in [4.78, 5) is 34.1. The van der Waals surface area contributed by atoms with Crippen molar-refractivity contribution in [3.05, 3.63) is 47.2 Å². The molecule has 0 saturated heterocycles. The number of thiophene rings is 1. The normalized spacial score (nSPS) is 10.1. The van der Waals surface area contributed by atoms with E-state index in [0.717, 1.165) is 23.1 Å². The van der Waals surface area contributed by atoms with E-state index in [1.54, 1.807) is 31.2 Å². The maximum atomic E-state index is 11.6. The van der Waals surface area contributed by atoms with E-state index in [-0.39, 0.29) is 10.6 Å². The minimum Gasteiger partial charge on any atom is -0.497 e. The fraction of sp³-hybridized carbons (Fsp3) is 0.118. The first-order valence-electron chi connectivity index (χ1n) is 7.20. The molecule has 1 aromatic carbocycles. The average molecular weight is 377 g/mol. The lowest BCUT2D eigenvalue weighted by Crippen LogP contribution is -2.13. The molecule has 0 aliphatic heterocycles. The Hall–Kier alpha value is -3.33. The van der Waals surface area contributed by atoms with Gasteiger partial charge in [0.1, 0.15) is 10.8 Å². The van der Waals surface area contributed by atoms with Crippen molar-refractivity contribution in [2.45, 2.75) is 6.92 Å². The number of hydrogen-bond acceptors (Lipinski definition) is 6. The highest BCUT2D eigenvalue weighted by Gasteiger charge is 2.22. The van der Waals surface area contributed by atoms with E-state index in [4.69, 9.17) is 14.9 Å². The number of ether oxygens (including phenoxy) is 1. The Morgan fingerprint density at radius 2 is 1.65 bits per heavy atom. The van der Waals surface area contributed by atoms with Crippen molar-refractivity contribution in [3.63, 3.8) is 0 Å². The van der Waals surface area contributed by atoms with Gasteiger partial charge >= 0.3 is 17.9 Å². The Bertz CT molecular complexity index is 881. The average Bonchev–Trinajstić information content (AvgIpc) is 2.91. The molecular formula is C17H15NO7S. The molecule has 0 aliphatic rings. The van der Waals surface area contributed by atoms with Gasteiger partial charge in [-0.05, 0) is 42.3 Å². The summed E-state index contributed by atoms with van der Waals surface area (Å²) in [6.07, 6.45) is 0.764. The van der Waals surface area contributed by atoms with Gasteiger partial charge in [-0.1, -0.05) is 0 Å². The molecule has 0 spiro atoms. The summed E-state index contributed by atoms with van der Waals surface area (Å²) in [7, 11) is 1.53. The minimum atomic E-state index is -1.63. The zero-order valence-electron chi connectivity index (χ0n) is 13.8. The predicted molar refractivity (Wildman–Crippen MR) is 95.0 cm³/mol. The number of nitrogens with one attached hydrogen (secondary N) is 1. The number of hydrogen-bond donors (Lipinski definition) is 4. The van der Waals surface area contributed by atoms with Crippen molar-refractivity contribution in [3.8, 4) is 16.2 Å². The maximum Gasteiger partial charge on any atom is 0.344 e. The maximum absolute atomic E-state index is 11.6. The molecule has 0 atom stereocenters. The second-order valence-corrected chi connectivity index (χ2v) is 6.13. The summed E-state index contributed by atoms with van der Waals surface area (Å²) in [6, 6.07) is 7.00. The number of methoxy groups -OCH3 is 1. The molecule has 8 nitrogen and oxygen atoms in total. The predicted octanol–water partition coefficient (Wildman–Crippen LogP) is 2.90. The van der Waals surface area contributed by atoms with Crippen LogP contribution in [-0.2, 0) is 9.59 Å². The smallest absolute Gasteiger partial charge is 0.344 e. The first-order valence-corrected chi connectivity index (χ1v) is 8.02. The second-order valence-electron chi connectivity index (χ2n) is 5.11. The van der Waals surface area contributed by atoms with E-state index >= 15 is 0 Å². The Kier molecular flexibility index (Phi) is 5.63. The lowest BCUT2D eigenvalue weighted by molar-refractivity contribution is -0.140. The lowest BCUT2D eigenvalue weighted by atomic mass is 10.1. The summed E-state index contributed by atoms with van der Waals surface area (Å²) >= 11 is 1.08. The quantitative estimate of drug-likeness (QED) is 0.329. The standard InChI is InChI=1S/C17H15NO7S/c1-8-12(17(23)24)14(18-7-11(15(19)20)16(21)22)26-13(8)9-3-5-10(25-2)6-4-9/h3-7,18H,1-2H3,(H,19,20)(H,21,22)(H,23,24). The summed E-state index contributed by atoms with van der Waals surface area (Å²) < 4.78 is 5.09. The molecule has 4 N–H and O–H groups in total. The summed E-state index contributed by atoms with van der Waals surface area (Å²) in [5, 5.41) is 29.9. The number of anilines is 1. The van der Waals surface area contributed by atoms with Gasteiger partial charge in [0.15, 0.2) is 5.57 Å². The van der Waals surface area contributed by atoms with Gasteiger partial charge in [0.25, 0.3) is 0 Å². The molecule has 26 heavy (non-hydrogen) atoms.